The Bertz CT molecular complexity index is 3080. The second kappa shape index (κ2) is 13.3. The number of nitrogens with zero attached hydrogens (tertiary/aromatic N) is 1. The predicted molar refractivity (Wildman–Crippen MR) is 250 cm³/mol. The first kappa shape index (κ1) is 35.2. The minimum Gasteiger partial charge on any atom is -0.310 e. The zero-order valence-electron chi connectivity index (χ0n) is 34.0. The fourth-order valence-corrected chi connectivity index (χ4v) is 10.3. The lowest BCUT2D eigenvalue weighted by atomic mass is 9.78. The molecule has 1 nitrogen and oxygen atoms in total. The van der Waals surface area contributed by atoms with Gasteiger partial charge in [0.2, 0.25) is 0 Å². The van der Waals surface area contributed by atoms with E-state index >= 15 is 0 Å². The van der Waals surface area contributed by atoms with Crippen molar-refractivity contribution < 1.29 is 0 Å². The summed E-state index contributed by atoms with van der Waals surface area (Å²) in [4.78, 5) is 2.45. The molecule has 0 amide bonds. The average Bonchev–Trinajstić information content (AvgIpc) is 3.66. The number of hydrogen-bond donors (Lipinski definition) is 0. The van der Waals surface area contributed by atoms with Gasteiger partial charge >= 0.3 is 0 Å². The van der Waals surface area contributed by atoms with Crippen LogP contribution in [0.1, 0.15) is 49.9 Å². The minimum absolute atomic E-state index is 0.0475. The van der Waals surface area contributed by atoms with Gasteiger partial charge in [-0.05, 0) is 119 Å². The van der Waals surface area contributed by atoms with Crippen molar-refractivity contribution >= 4 is 27.8 Å². The Morgan fingerprint density at radius 1 is 0.322 bits per heavy atom. The first-order chi connectivity index (χ1) is 28.8. The van der Waals surface area contributed by atoms with Gasteiger partial charge in [-0.25, -0.2) is 0 Å². The molecule has 9 aromatic rings. The van der Waals surface area contributed by atoms with E-state index in [1.165, 1.54) is 88.7 Å². The maximum absolute atomic E-state index is 2.45. The number of rotatable bonds is 6. The molecule has 0 heterocycles. The molecule has 0 saturated heterocycles. The molecule has 0 atom stereocenters. The molecular weight excluding hydrogens is 711 g/mol. The van der Waals surface area contributed by atoms with Crippen LogP contribution < -0.4 is 4.90 Å². The van der Waals surface area contributed by atoms with Gasteiger partial charge < -0.3 is 4.90 Å². The highest BCUT2D eigenvalue weighted by molar-refractivity contribution is 5.98. The van der Waals surface area contributed by atoms with Gasteiger partial charge in [-0.2, -0.15) is 0 Å². The van der Waals surface area contributed by atoms with Crippen LogP contribution in [0.15, 0.2) is 200 Å². The van der Waals surface area contributed by atoms with Crippen molar-refractivity contribution in [3.63, 3.8) is 0 Å². The molecule has 0 fully saturated rings. The van der Waals surface area contributed by atoms with E-state index in [0.717, 1.165) is 17.1 Å². The van der Waals surface area contributed by atoms with Crippen molar-refractivity contribution in [2.75, 3.05) is 4.90 Å². The third-order valence-corrected chi connectivity index (χ3v) is 13.3. The van der Waals surface area contributed by atoms with Crippen molar-refractivity contribution in [1.29, 1.82) is 0 Å². The summed E-state index contributed by atoms with van der Waals surface area (Å²) >= 11 is 0. The number of anilines is 3. The summed E-state index contributed by atoms with van der Waals surface area (Å²) < 4.78 is 0. The predicted octanol–water partition coefficient (Wildman–Crippen LogP) is 15.9. The van der Waals surface area contributed by atoms with Crippen molar-refractivity contribution in [3.8, 4) is 55.6 Å². The van der Waals surface area contributed by atoms with Crippen LogP contribution in [0.3, 0.4) is 0 Å². The van der Waals surface area contributed by atoms with Crippen molar-refractivity contribution in [2.24, 2.45) is 0 Å². The molecule has 59 heavy (non-hydrogen) atoms. The Hall–Kier alpha value is -6.96. The highest BCUT2D eigenvalue weighted by Crippen LogP contribution is 2.54. The molecule has 2 aliphatic rings. The summed E-state index contributed by atoms with van der Waals surface area (Å²) in [6.07, 6.45) is 0. The zero-order chi connectivity index (χ0) is 39.9. The number of benzene rings is 9. The van der Waals surface area contributed by atoms with E-state index in [1.54, 1.807) is 0 Å². The molecule has 0 bridgehead atoms. The van der Waals surface area contributed by atoms with Crippen LogP contribution in [0.2, 0.25) is 0 Å². The zero-order valence-corrected chi connectivity index (χ0v) is 34.0. The summed E-state index contributed by atoms with van der Waals surface area (Å²) in [6, 6.07) is 74.2. The molecular formula is C58H45N. The third kappa shape index (κ3) is 5.45. The lowest BCUT2D eigenvalue weighted by molar-refractivity contribution is 0.660. The molecule has 11 rings (SSSR count). The smallest absolute Gasteiger partial charge is 0.0540 e. The van der Waals surface area contributed by atoms with E-state index in [4.69, 9.17) is 0 Å². The average molecular weight is 756 g/mol. The highest BCUT2D eigenvalue weighted by Gasteiger charge is 2.38. The molecule has 2 aliphatic carbocycles. The fraction of sp³-hybridized carbons (Fsp3) is 0.103. The topological polar surface area (TPSA) is 3.24 Å². The minimum atomic E-state index is -0.145. The van der Waals surface area contributed by atoms with Crippen molar-refractivity contribution in [1.82, 2.24) is 0 Å². The van der Waals surface area contributed by atoms with Gasteiger partial charge in [0.25, 0.3) is 0 Å². The van der Waals surface area contributed by atoms with Crippen LogP contribution in [0.5, 0.6) is 0 Å². The number of fused-ring (bicyclic) bond motifs is 7. The molecule has 0 aliphatic heterocycles. The molecule has 0 radical (unpaired) electrons. The molecule has 0 saturated carbocycles. The van der Waals surface area contributed by atoms with Crippen LogP contribution in [0.4, 0.5) is 17.1 Å². The van der Waals surface area contributed by atoms with Gasteiger partial charge in [0.1, 0.15) is 0 Å². The summed E-state index contributed by atoms with van der Waals surface area (Å²) in [6.45, 7) is 9.47. The summed E-state index contributed by atoms with van der Waals surface area (Å²) in [7, 11) is 0. The fourth-order valence-electron chi connectivity index (χ4n) is 10.3. The first-order valence-electron chi connectivity index (χ1n) is 20.8. The van der Waals surface area contributed by atoms with E-state index in [0.29, 0.717) is 0 Å². The van der Waals surface area contributed by atoms with E-state index in [2.05, 4.69) is 233 Å². The molecule has 1 heteroatoms. The summed E-state index contributed by atoms with van der Waals surface area (Å²) in [5.41, 5.74) is 21.5. The van der Waals surface area contributed by atoms with E-state index in [1.807, 2.05) is 0 Å². The van der Waals surface area contributed by atoms with Crippen molar-refractivity contribution in [2.45, 2.75) is 38.5 Å². The first-order valence-corrected chi connectivity index (χ1v) is 20.8. The van der Waals surface area contributed by atoms with Gasteiger partial charge in [-0.15, -0.1) is 0 Å². The van der Waals surface area contributed by atoms with Crippen LogP contribution in [-0.4, -0.2) is 0 Å². The van der Waals surface area contributed by atoms with Crippen LogP contribution in [0, 0.1) is 0 Å². The molecule has 0 N–H and O–H groups in total. The lowest BCUT2D eigenvalue weighted by Gasteiger charge is -2.30. The van der Waals surface area contributed by atoms with Gasteiger partial charge in [0, 0.05) is 27.8 Å². The van der Waals surface area contributed by atoms with E-state index in [-0.39, 0.29) is 10.8 Å². The number of hydrogen-bond acceptors (Lipinski definition) is 1. The van der Waals surface area contributed by atoms with Gasteiger partial charge in [0.15, 0.2) is 0 Å². The molecule has 0 unspecified atom stereocenters. The second-order valence-electron chi connectivity index (χ2n) is 17.3. The SMILES string of the molecule is CC1(C)c2ccccc2-c2ccc(-c3ccc(N(c4ccc(-c5cccc6ccccc56)cc4)c4ccccc4-c4cccc5c4C(C)(C)c4ccccc4-5)cc3)cc21. The van der Waals surface area contributed by atoms with Crippen LogP contribution in [0.25, 0.3) is 66.4 Å². The Balaban J connectivity index is 1.05. The van der Waals surface area contributed by atoms with E-state index in [9.17, 15) is 0 Å². The Morgan fingerprint density at radius 3 is 1.53 bits per heavy atom. The molecule has 9 aromatic carbocycles. The van der Waals surface area contributed by atoms with Crippen molar-refractivity contribution in [3.05, 3.63) is 222 Å². The Morgan fingerprint density at radius 2 is 0.797 bits per heavy atom. The van der Waals surface area contributed by atoms with Gasteiger partial charge in [-0.3, -0.25) is 0 Å². The molecule has 0 spiro atoms. The Kier molecular flexibility index (Phi) is 7.94. The standard InChI is InChI=1S/C58H45N/c1-57(2)52-24-10-7-18-46(52)48-36-31-41(37-54(48)57)38-27-32-42(33-28-38)59(43-34-29-40(30-35-43)45-21-13-16-39-15-5-6-17-44(39)45)55-26-12-9-20-49(55)51-23-14-22-50-47-19-8-11-25-53(47)58(3,4)56(50)51/h5-37H,1-4H3. The third-order valence-electron chi connectivity index (χ3n) is 13.3. The van der Waals surface area contributed by atoms with E-state index < -0.39 is 0 Å². The van der Waals surface area contributed by atoms with Crippen LogP contribution >= 0.6 is 0 Å². The Labute approximate surface area is 347 Å². The largest absolute Gasteiger partial charge is 0.310 e. The van der Waals surface area contributed by atoms with Crippen LogP contribution in [-0.2, 0) is 10.8 Å². The van der Waals surface area contributed by atoms with Gasteiger partial charge in [-0.1, -0.05) is 191 Å². The normalized spacial score (nSPS) is 14.0. The molecule has 282 valence electrons. The maximum Gasteiger partial charge on any atom is 0.0540 e. The summed E-state index contributed by atoms with van der Waals surface area (Å²) in [5, 5.41) is 2.52. The molecule has 0 aromatic heterocycles. The lowest BCUT2D eigenvalue weighted by Crippen LogP contribution is -2.17. The van der Waals surface area contributed by atoms with Gasteiger partial charge in [0.05, 0.1) is 5.69 Å². The highest BCUT2D eigenvalue weighted by atomic mass is 15.1. The number of para-hydroxylation sites is 1. The monoisotopic (exact) mass is 755 g/mol. The maximum atomic E-state index is 2.45. The summed E-state index contributed by atoms with van der Waals surface area (Å²) in [5.74, 6) is 0. The quantitative estimate of drug-likeness (QED) is 0.163. The second-order valence-corrected chi connectivity index (χ2v) is 17.3.